The minimum Gasteiger partial charge on any atom is -0.379 e. The number of hydrogen-bond acceptors (Lipinski definition) is 2. The van der Waals surface area contributed by atoms with E-state index in [1.807, 2.05) is 0 Å². The van der Waals surface area contributed by atoms with Crippen LogP contribution in [-0.4, -0.2) is 37.2 Å². The summed E-state index contributed by atoms with van der Waals surface area (Å²) in [7, 11) is 0. The maximum Gasteiger partial charge on any atom is 0.0625 e. The van der Waals surface area contributed by atoms with Crippen LogP contribution in [0, 0.1) is 11.8 Å². The molecule has 0 radical (unpaired) electrons. The fourth-order valence-corrected chi connectivity index (χ4v) is 2.48. The molecule has 0 spiro atoms. The summed E-state index contributed by atoms with van der Waals surface area (Å²) in [4.78, 5) is 2.64. The largest absolute Gasteiger partial charge is 0.379 e. The minimum atomic E-state index is 0.715. The summed E-state index contributed by atoms with van der Waals surface area (Å²) < 4.78 is 5.51. The monoisotopic (exact) mass is 183 g/mol. The molecular weight excluding hydrogens is 162 g/mol. The van der Waals surface area contributed by atoms with Crippen molar-refractivity contribution in [3.05, 3.63) is 0 Å². The highest BCUT2D eigenvalue weighted by Gasteiger charge is 2.31. The van der Waals surface area contributed by atoms with Crippen molar-refractivity contribution in [2.24, 2.45) is 11.8 Å². The van der Waals surface area contributed by atoms with Crippen LogP contribution in [0.1, 0.15) is 26.7 Å². The van der Waals surface area contributed by atoms with Crippen LogP contribution in [0.2, 0.25) is 0 Å². The molecule has 0 aromatic rings. The zero-order valence-electron chi connectivity index (χ0n) is 8.83. The lowest BCUT2D eigenvalue weighted by molar-refractivity contribution is 0.107. The van der Waals surface area contributed by atoms with Crippen LogP contribution in [0.15, 0.2) is 0 Å². The number of hydrogen-bond donors (Lipinski definition) is 0. The SMILES string of the molecule is CC1CCN([C@H]2COC[C@H]2C)CC1. The van der Waals surface area contributed by atoms with Crippen molar-refractivity contribution in [1.82, 2.24) is 4.90 Å². The molecule has 2 heterocycles. The van der Waals surface area contributed by atoms with Gasteiger partial charge < -0.3 is 4.74 Å². The topological polar surface area (TPSA) is 12.5 Å². The van der Waals surface area contributed by atoms with Gasteiger partial charge in [-0.1, -0.05) is 13.8 Å². The van der Waals surface area contributed by atoms with Crippen molar-refractivity contribution >= 4 is 0 Å². The van der Waals surface area contributed by atoms with Crippen molar-refractivity contribution in [1.29, 1.82) is 0 Å². The van der Waals surface area contributed by atoms with E-state index in [9.17, 15) is 0 Å². The van der Waals surface area contributed by atoms with Gasteiger partial charge in [0.25, 0.3) is 0 Å². The van der Waals surface area contributed by atoms with E-state index in [4.69, 9.17) is 4.74 Å². The number of nitrogens with zero attached hydrogens (tertiary/aromatic N) is 1. The maximum absolute atomic E-state index is 5.51. The predicted octanol–water partition coefficient (Wildman–Crippen LogP) is 1.75. The van der Waals surface area contributed by atoms with Crippen LogP contribution in [0.5, 0.6) is 0 Å². The Morgan fingerprint density at radius 1 is 1.08 bits per heavy atom. The molecule has 0 unspecified atom stereocenters. The minimum absolute atomic E-state index is 0.715. The van der Waals surface area contributed by atoms with E-state index < -0.39 is 0 Å². The Morgan fingerprint density at radius 3 is 2.31 bits per heavy atom. The molecule has 2 heteroatoms. The molecule has 13 heavy (non-hydrogen) atoms. The van der Waals surface area contributed by atoms with Crippen LogP contribution in [0.3, 0.4) is 0 Å². The fourth-order valence-electron chi connectivity index (χ4n) is 2.48. The Bertz CT molecular complexity index is 163. The van der Waals surface area contributed by atoms with Gasteiger partial charge in [-0.2, -0.15) is 0 Å². The van der Waals surface area contributed by atoms with E-state index in [1.165, 1.54) is 25.9 Å². The second-order valence-corrected chi connectivity index (χ2v) is 4.80. The summed E-state index contributed by atoms with van der Waals surface area (Å²) in [6, 6.07) is 0.715. The molecular formula is C11H21NO. The summed E-state index contributed by atoms with van der Waals surface area (Å²) in [5, 5.41) is 0. The number of ether oxygens (including phenoxy) is 1. The third-order valence-electron chi connectivity index (χ3n) is 3.61. The van der Waals surface area contributed by atoms with Crippen molar-refractivity contribution < 1.29 is 4.74 Å². The van der Waals surface area contributed by atoms with E-state index in [0.29, 0.717) is 6.04 Å². The van der Waals surface area contributed by atoms with Gasteiger partial charge in [-0.3, -0.25) is 4.90 Å². The molecule has 2 nitrogen and oxygen atoms in total. The van der Waals surface area contributed by atoms with E-state index in [0.717, 1.165) is 25.0 Å². The van der Waals surface area contributed by atoms with Crippen molar-refractivity contribution in [2.75, 3.05) is 26.3 Å². The first-order chi connectivity index (χ1) is 6.27. The first-order valence-corrected chi connectivity index (χ1v) is 5.59. The van der Waals surface area contributed by atoms with E-state index >= 15 is 0 Å². The van der Waals surface area contributed by atoms with E-state index in [1.54, 1.807) is 0 Å². The highest BCUT2D eigenvalue weighted by molar-refractivity contribution is 4.83. The van der Waals surface area contributed by atoms with Crippen molar-refractivity contribution in [2.45, 2.75) is 32.7 Å². The molecule has 76 valence electrons. The Balaban J connectivity index is 1.86. The molecule has 0 saturated carbocycles. The Labute approximate surface area is 81.3 Å². The molecule has 2 aliphatic rings. The second-order valence-electron chi connectivity index (χ2n) is 4.80. The lowest BCUT2D eigenvalue weighted by atomic mass is 9.95. The Hall–Kier alpha value is -0.0800. The van der Waals surface area contributed by atoms with Gasteiger partial charge in [0.2, 0.25) is 0 Å². The standard InChI is InChI=1S/C11H21NO/c1-9-3-5-12(6-4-9)11-8-13-7-10(11)2/h9-11H,3-8H2,1-2H3/t10-,11+/m1/s1. The zero-order chi connectivity index (χ0) is 9.26. The van der Waals surface area contributed by atoms with Crippen molar-refractivity contribution in [3.8, 4) is 0 Å². The average molecular weight is 183 g/mol. The van der Waals surface area contributed by atoms with Gasteiger partial charge in [-0.15, -0.1) is 0 Å². The number of rotatable bonds is 1. The molecule has 2 saturated heterocycles. The molecule has 0 N–H and O–H groups in total. The van der Waals surface area contributed by atoms with Gasteiger partial charge in [-0.25, -0.2) is 0 Å². The molecule has 2 fully saturated rings. The summed E-state index contributed by atoms with van der Waals surface area (Å²) in [6.45, 7) is 9.20. The van der Waals surface area contributed by atoms with Crippen LogP contribution in [0.4, 0.5) is 0 Å². The van der Waals surface area contributed by atoms with E-state index in [-0.39, 0.29) is 0 Å². The molecule has 2 rings (SSSR count). The first kappa shape index (κ1) is 9.47. The summed E-state index contributed by atoms with van der Waals surface area (Å²) >= 11 is 0. The Kier molecular flexibility index (Phi) is 2.89. The second kappa shape index (κ2) is 3.97. The van der Waals surface area contributed by atoms with Crippen LogP contribution < -0.4 is 0 Å². The van der Waals surface area contributed by atoms with Gasteiger partial charge in [0.15, 0.2) is 0 Å². The number of piperidine rings is 1. The molecule has 0 amide bonds. The highest BCUT2D eigenvalue weighted by Crippen LogP contribution is 2.24. The molecule has 2 atom stereocenters. The lowest BCUT2D eigenvalue weighted by Crippen LogP contribution is -2.44. The van der Waals surface area contributed by atoms with Gasteiger partial charge in [0.05, 0.1) is 13.2 Å². The van der Waals surface area contributed by atoms with Gasteiger partial charge >= 0.3 is 0 Å². The van der Waals surface area contributed by atoms with Gasteiger partial charge in [0, 0.05) is 6.04 Å². The quantitative estimate of drug-likeness (QED) is 0.614. The zero-order valence-corrected chi connectivity index (χ0v) is 8.83. The summed E-state index contributed by atoms with van der Waals surface area (Å²) in [5.74, 6) is 1.68. The maximum atomic E-state index is 5.51. The summed E-state index contributed by atoms with van der Waals surface area (Å²) in [5.41, 5.74) is 0. The van der Waals surface area contributed by atoms with Crippen LogP contribution in [-0.2, 0) is 4.74 Å². The molecule has 0 aromatic heterocycles. The van der Waals surface area contributed by atoms with Crippen LogP contribution >= 0.6 is 0 Å². The molecule has 0 aromatic carbocycles. The number of likely N-dealkylation sites (tertiary alicyclic amines) is 1. The molecule has 0 aliphatic carbocycles. The third-order valence-corrected chi connectivity index (χ3v) is 3.61. The van der Waals surface area contributed by atoms with Gasteiger partial charge in [0.1, 0.15) is 0 Å². The molecule has 0 bridgehead atoms. The molecule has 2 aliphatic heterocycles. The fraction of sp³-hybridized carbons (Fsp3) is 1.00. The van der Waals surface area contributed by atoms with Crippen molar-refractivity contribution in [3.63, 3.8) is 0 Å². The third kappa shape index (κ3) is 2.05. The van der Waals surface area contributed by atoms with Gasteiger partial charge in [-0.05, 0) is 37.8 Å². The first-order valence-electron chi connectivity index (χ1n) is 5.59. The summed E-state index contributed by atoms with van der Waals surface area (Å²) in [6.07, 6.45) is 2.76. The Morgan fingerprint density at radius 2 is 1.77 bits per heavy atom. The van der Waals surface area contributed by atoms with E-state index in [2.05, 4.69) is 18.7 Å². The highest BCUT2D eigenvalue weighted by atomic mass is 16.5. The lowest BCUT2D eigenvalue weighted by Gasteiger charge is -2.35. The smallest absolute Gasteiger partial charge is 0.0625 e. The predicted molar refractivity (Wildman–Crippen MR) is 53.7 cm³/mol. The van der Waals surface area contributed by atoms with Crippen LogP contribution in [0.25, 0.3) is 0 Å². The normalized spacial score (nSPS) is 38.3. The average Bonchev–Trinajstić information content (AvgIpc) is 2.53.